The zero-order chi connectivity index (χ0) is 25.9. The third-order valence-electron chi connectivity index (χ3n) is 8.01. The number of amides is 1. The van der Waals surface area contributed by atoms with Crippen LogP contribution in [-0.2, 0) is 22.6 Å². The van der Waals surface area contributed by atoms with E-state index >= 15 is 0 Å². The summed E-state index contributed by atoms with van der Waals surface area (Å²) in [6, 6.07) is 18.8. The van der Waals surface area contributed by atoms with Crippen LogP contribution < -0.4 is 0 Å². The second kappa shape index (κ2) is 11.0. The van der Waals surface area contributed by atoms with Crippen LogP contribution in [0.2, 0.25) is 0 Å². The molecule has 4 aromatic rings. The molecule has 2 aromatic carbocycles. The Labute approximate surface area is 223 Å². The number of fused-ring (bicyclic) bond motifs is 1. The van der Waals surface area contributed by atoms with E-state index in [0.29, 0.717) is 12.5 Å². The minimum absolute atomic E-state index is 0.0571. The minimum atomic E-state index is -0.208. The number of carbonyl (C=O) groups is 1. The number of aryl methyl sites for hydroxylation is 1. The molecule has 2 aliphatic heterocycles. The van der Waals surface area contributed by atoms with Crippen LogP contribution in [0.15, 0.2) is 67.0 Å². The highest BCUT2D eigenvalue weighted by atomic mass is 16.6. The molecule has 2 fully saturated rings. The molecular formula is C31H36N4O3. The third kappa shape index (κ3) is 5.34. The molecule has 0 aliphatic carbocycles. The van der Waals surface area contributed by atoms with Gasteiger partial charge in [-0.2, -0.15) is 5.10 Å². The molecule has 0 saturated carbocycles. The van der Waals surface area contributed by atoms with Crippen LogP contribution in [0.25, 0.3) is 22.0 Å². The number of benzene rings is 2. The van der Waals surface area contributed by atoms with Gasteiger partial charge in [-0.3, -0.25) is 0 Å². The molecule has 6 rings (SSSR count). The Balaban J connectivity index is 1.07. The van der Waals surface area contributed by atoms with Crippen molar-refractivity contribution in [1.82, 2.24) is 19.2 Å². The van der Waals surface area contributed by atoms with E-state index < -0.39 is 0 Å². The van der Waals surface area contributed by atoms with Gasteiger partial charge in [-0.05, 0) is 74.3 Å². The van der Waals surface area contributed by atoms with Crippen LogP contribution in [0.4, 0.5) is 4.79 Å². The van der Waals surface area contributed by atoms with Gasteiger partial charge in [-0.25, -0.2) is 9.48 Å². The summed E-state index contributed by atoms with van der Waals surface area (Å²) in [7, 11) is 0. The molecule has 1 unspecified atom stereocenters. The van der Waals surface area contributed by atoms with E-state index in [9.17, 15) is 4.79 Å². The largest absolute Gasteiger partial charge is 0.445 e. The van der Waals surface area contributed by atoms with Crippen molar-refractivity contribution in [3.8, 4) is 11.1 Å². The minimum Gasteiger partial charge on any atom is -0.445 e. The summed E-state index contributed by atoms with van der Waals surface area (Å²) < 4.78 is 15.8. The molecule has 0 bridgehead atoms. The maximum Gasteiger partial charge on any atom is 0.410 e. The Morgan fingerprint density at radius 1 is 1.03 bits per heavy atom. The molecule has 1 atom stereocenters. The van der Waals surface area contributed by atoms with Gasteiger partial charge >= 0.3 is 6.09 Å². The molecule has 1 amide bonds. The summed E-state index contributed by atoms with van der Waals surface area (Å²) >= 11 is 0. The monoisotopic (exact) mass is 512 g/mol. The maximum atomic E-state index is 12.5. The first kappa shape index (κ1) is 24.7. The first-order valence-corrected chi connectivity index (χ1v) is 13.9. The van der Waals surface area contributed by atoms with Gasteiger partial charge in [0.2, 0.25) is 0 Å². The number of hydrogen-bond donors (Lipinski definition) is 0. The van der Waals surface area contributed by atoms with Crippen molar-refractivity contribution in [3.05, 3.63) is 78.2 Å². The lowest BCUT2D eigenvalue weighted by Gasteiger charge is -2.32. The highest BCUT2D eigenvalue weighted by molar-refractivity contribution is 5.86. The van der Waals surface area contributed by atoms with E-state index in [2.05, 4.69) is 47.1 Å². The third-order valence-corrected chi connectivity index (χ3v) is 8.01. The number of nitrogens with zero attached hydrogens (tertiary/aromatic N) is 4. The van der Waals surface area contributed by atoms with E-state index in [-0.39, 0.29) is 12.3 Å². The van der Waals surface area contributed by atoms with Crippen molar-refractivity contribution in [1.29, 1.82) is 0 Å². The Morgan fingerprint density at radius 3 is 2.66 bits per heavy atom. The first-order chi connectivity index (χ1) is 18.6. The van der Waals surface area contributed by atoms with Gasteiger partial charge in [0.25, 0.3) is 0 Å². The van der Waals surface area contributed by atoms with Crippen molar-refractivity contribution in [2.24, 2.45) is 5.92 Å². The lowest BCUT2D eigenvalue weighted by atomic mass is 9.97. The van der Waals surface area contributed by atoms with Crippen molar-refractivity contribution in [2.45, 2.75) is 58.4 Å². The predicted molar refractivity (Wildman–Crippen MR) is 148 cm³/mol. The van der Waals surface area contributed by atoms with Crippen LogP contribution >= 0.6 is 0 Å². The topological polar surface area (TPSA) is 61.5 Å². The van der Waals surface area contributed by atoms with Crippen molar-refractivity contribution in [2.75, 3.05) is 19.7 Å². The highest BCUT2D eigenvalue weighted by Gasteiger charge is 2.25. The van der Waals surface area contributed by atoms with E-state index in [1.54, 1.807) is 0 Å². The molecule has 0 N–H and O–H groups in total. The summed E-state index contributed by atoms with van der Waals surface area (Å²) in [5.41, 5.74) is 5.85. The zero-order valence-electron chi connectivity index (χ0n) is 22.1. The van der Waals surface area contributed by atoms with E-state index in [0.717, 1.165) is 63.1 Å². The lowest BCUT2D eigenvalue weighted by molar-refractivity contribution is -0.0394. The Bertz CT molecular complexity index is 1380. The fourth-order valence-corrected chi connectivity index (χ4v) is 5.77. The number of likely N-dealkylation sites (tertiary alicyclic amines) is 1. The smallest absolute Gasteiger partial charge is 0.410 e. The fraction of sp³-hybridized carbons (Fsp3) is 0.419. The SMILES string of the molecule is Cc1cc2cc(-c3cnn(C4CCCCO4)c3)ccc2n1CC1CCN(C(=O)OCc2ccccc2)CC1. The molecule has 2 saturated heterocycles. The predicted octanol–water partition coefficient (Wildman–Crippen LogP) is 6.56. The van der Waals surface area contributed by atoms with Gasteiger partial charge in [0, 0.05) is 54.6 Å². The Hall–Kier alpha value is -3.58. The second-order valence-electron chi connectivity index (χ2n) is 10.7. The lowest BCUT2D eigenvalue weighted by Crippen LogP contribution is -2.39. The van der Waals surface area contributed by atoms with E-state index in [1.165, 1.54) is 28.6 Å². The number of aromatic nitrogens is 3. The molecule has 0 spiro atoms. The van der Waals surface area contributed by atoms with Crippen LogP contribution in [0, 0.1) is 12.8 Å². The summed E-state index contributed by atoms with van der Waals surface area (Å²) in [5.74, 6) is 0.538. The molecule has 2 aliphatic rings. The molecule has 4 heterocycles. The highest BCUT2D eigenvalue weighted by Crippen LogP contribution is 2.30. The van der Waals surface area contributed by atoms with Crippen molar-refractivity contribution in [3.63, 3.8) is 0 Å². The molecule has 2 aromatic heterocycles. The van der Waals surface area contributed by atoms with Gasteiger partial charge in [0.15, 0.2) is 0 Å². The number of rotatable bonds is 6. The summed E-state index contributed by atoms with van der Waals surface area (Å²) in [6.07, 6.45) is 9.23. The van der Waals surface area contributed by atoms with Crippen LogP contribution in [-0.4, -0.2) is 45.0 Å². The number of hydrogen-bond acceptors (Lipinski definition) is 4. The first-order valence-electron chi connectivity index (χ1n) is 13.9. The average molecular weight is 513 g/mol. The molecule has 7 heteroatoms. The fourth-order valence-electron chi connectivity index (χ4n) is 5.77. The molecule has 7 nitrogen and oxygen atoms in total. The second-order valence-corrected chi connectivity index (χ2v) is 10.7. The van der Waals surface area contributed by atoms with Crippen molar-refractivity contribution < 1.29 is 14.3 Å². The number of piperidine rings is 1. The van der Waals surface area contributed by atoms with Gasteiger partial charge in [0.05, 0.1) is 6.20 Å². The number of ether oxygens (including phenoxy) is 2. The van der Waals surface area contributed by atoms with Crippen LogP contribution in [0.3, 0.4) is 0 Å². The van der Waals surface area contributed by atoms with E-state index in [1.807, 2.05) is 46.1 Å². The summed E-state index contributed by atoms with van der Waals surface area (Å²) in [6.45, 7) is 5.79. The van der Waals surface area contributed by atoms with Gasteiger partial charge < -0.3 is 18.9 Å². The average Bonchev–Trinajstić information content (AvgIpc) is 3.58. The van der Waals surface area contributed by atoms with Gasteiger partial charge in [-0.1, -0.05) is 36.4 Å². The normalized spacial score (nSPS) is 18.7. The number of carbonyl (C=O) groups excluding carboxylic acids is 1. The molecule has 198 valence electrons. The molecule has 38 heavy (non-hydrogen) atoms. The van der Waals surface area contributed by atoms with Crippen molar-refractivity contribution >= 4 is 17.0 Å². The Morgan fingerprint density at radius 2 is 1.87 bits per heavy atom. The van der Waals surface area contributed by atoms with E-state index in [4.69, 9.17) is 9.47 Å². The quantitative estimate of drug-likeness (QED) is 0.293. The Kier molecular flexibility index (Phi) is 7.18. The summed E-state index contributed by atoms with van der Waals surface area (Å²) in [4.78, 5) is 14.4. The molecule has 0 radical (unpaired) electrons. The van der Waals surface area contributed by atoms with Gasteiger partial charge in [-0.15, -0.1) is 0 Å². The standard InChI is InChI=1S/C31H36N4O3/c1-23-17-27-18-26(28-19-32-35(21-28)30-9-5-6-16-37-30)10-11-29(27)34(23)20-24-12-14-33(15-13-24)31(36)38-22-25-7-3-2-4-8-25/h2-4,7-8,10-11,17-19,21,24,30H,5-6,9,12-16,20,22H2,1H3. The molecular weight excluding hydrogens is 476 g/mol. The van der Waals surface area contributed by atoms with Crippen LogP contribution in [0.5, 0.6) is 0 Å². The van der Waals surface area contributed by atoms with Crippen LogP contribution in [0.1, 0.15) is 49.6 Å². The van der Waals surface area contributed by atoms with Gasteiger partial charge in [0.1, 0.15) is 12.8 Å². The maximum absolute atomic E-state index is 12.5. The summed E-state index contributed by atoms with van der Waals surface area (Å²) in [5, 5.41) is 5.84. The zero-order valence-corrected chi connectivity index (χ0v) is 22.1.